The van der Waals surface area contributed by atoms with E-state index in [0.717, 1.165) is 54.6 Å². The van der Waals surface area contributed by atoms with E-state index in [1.807, 2.05) is 65.1 Å². The largest absolute Gasteiger partial charge is 0.507 e. The molecule has 4 aliphatic rings. The van der Waals surface area contributed by atoms with E-state index >= 15 is 4.39 Å². The molecule has 5 atom stereocenters. The van der Waals surface area contributed by atoms with Gasteiger partial charge in [-0.1, -0.05) is 31.2 Å². The monoisotopic (exact) mass is 858 g/mol. The van der Waals surface area contributed by atoms with Gasteiger partial charge in [0.2, 0.25) is 5.91 Å². The minimum atomic E-state index is -1.08. The van der Waals surface area contributed by atoms with Gasteiger partial charge in [-0.05, 0) is 93.0 Å². The number of piperidine rings is 2. The van der Waals surface area contributed by atoms with Crippen molar-refractivity contribution in [2.45, 2.75) is 83.3 Å². The molecule has 0 bridgehead atoms. The normalized spacial score (nSPS) is 23.9. The summed E-state index contributed by atoms with van der Waals surface area (Å²) in [7, 11) is 0. The van der Waals surface area contributed by atoms with Gasteiger partial charge < -0.3 is 34.8 Å². The number of amides is 4. The molecule has 0 radical (unpaired) electrons. The van der Waals surface area contributed by atoms with Gasteiger partial charge in [0, 0.05) is 74.9 Å². The van der Waals surface area contributed by atoms with Crippen LogP contribution in [0.4, 0.5) is 26.4 Å². The highest BCUT2D eigenvalue weighted by Gasteiger charge is 2.36. The number of carbonyl (C=O) groups excluding carboxylic acids is 3. The van der Waals surface area contributed by atoms with Crippen molar-refractivity contribution in [3.05, 3.63) is 89.7 Å². The zero-order valence-electron chi connectivity index (χ0n) is 36.0. The van der Waals surface area contributed by atoms with Crippen LogP contribution in [0.25, 0.3) is 22.3 Å². The number of nitrogens with two attached hydrogens (primary N) is 1. The molecule has 2 aromatic carbocycles. The number of hydrogen-bond acceptors (Lipinski definition) is 11. The molecule has 4 aliphatic heterocycles. The van der Waals surface area contributed by atoms with E-state index in [0.29, 0.717) is 79.0 Å². The highest BCUT2D eigenvalue weighted by Crippen LogP contribution is 2.38. The number of anilines is 3. The Kier molecular flexibility index (Phi) is 11.8. The third-order valence-electron chi connectivity index (χ3n) is 13.6. The fourth-order valence-corrected chi connectivity index (χ4v) is 9.78. The number of morpholine rings is 1. The highest BCUT2D eigenvalue weighted by molar-refractivity contribution is 6.06. The molecule has 16 heteroatoms. The summed E-state index contributed by atoms with van der Waals surface area (Å²) < 4.78 is 24.6. The zero-order valence-corrected chi connectivity index (χ0v) is 36.0. The fraction of sp³-hybridized carbons (Fsp3) is 0.447. The Morgan fingerprint density at radius 1 is 0.984 bits per heavy atom. The molecule has 4 amide bonds. The summed E-state index contributed by atoms with van der Waals surface area (Å²) in [6.45, 7) is 10.2. The number of carbonyl (C=O) groups is 3. The number of nitrogen functional groups attached to an aromatic ring is 1. The van der Waals surface area contributed by atoms with E-state index in [9.17, 15) is 19.5 Å². The van der Waals surface area contributed by atoms with Crippen molar-refractivity contribution >= 4 is 46.1 Å². The second-order valence-electron chi connectivity index (χ2n) is 17.5. The number of para-hydroxylation sites is 1. The van der Waals surface area contributed by atoms with E-state index < -0.39 is 12.2 Å². The molecule has 0 saturated carbocycles. The number of urea groups is 1. The molecule has 5 aromatic rings. The van der Waals surface area contributed by atoms with Crippen LogP contribution in [0.2, 0.25) is 0 Å². The van der Waals surface area contributed by atoms with Gasteiger partial charge in [-0.25, -0.2) is 14.2 Å². The van der Waals surface area contributed by atoms with Crippen LogP contribution in [0.3, 0.4) is 0 Å². The van der Waals surface area contributed by atoms with E-state index in [1.165, 1.54) is 4.90 Å². The number of fused-ring (bicyclic) bond motifs is 1. The molecule has 0 spiro atoms. The summed E-state index contributed by atoms with van der Waals surface area (Å²) in [5.74, 6) is 0.500. The van der Waals surface area contributed by atoms with Crippen molar-refractivity contribution in [2.24, 2.45) is 5.92 Å². The average molecular weight is 859 g/mol. The molecular weight excluding hydrogens is 804 g/mol. The van der Waals surface area contributed by atoms with Gasteiger partial charge in [-0.15, -0.1) is 10.2 Å². The second-order valence-corrected chi connectivity index (χ2v) is 17.5. The Morgan fingerprint density at radius 2 is 1.76 bits per heavy atom. The molecule has 3 aromatic heterocycles. The van der Waals surface area contributed by atoms with Gasteiger partial charge in [0.05, 0.1) is 41.5 Å². The fourth-order valence-electron chi connectivity index (χ4n) is 9.78. The van der Waals surface area contributed by atoms with Crippen LogP contribution < -0.4 is 20.9 Å². The first-order valence-electron chi connectivity index (χ1n) is 22.2. The number of nitrogens with one attached hydrogen (secondary N) is 1. The first-order chi connectivity index (χ1) is 30.4. The third-order valence-corrected chi connectivity index (χ3v) is 13.6. The summed E-state index contributed by atoms with van der Waals surface area (Å²) in [5, 5.41) is 22.2. The van der Waals surface area contributed by atoms with Crippen molar-refractivity contribution in [3.63, 3.8) is 0 Å². The molecule has 15 nitrogen and oxygen atoms in total. The Labute approximate surface area is 366 Å². The SMILES string of the molecule is CCc1cn([C@@H]2CCN(CC3CCN(C(=O)c4ccc([C@@H]5CN(c6cc(-c7ccccc7O)nnc6N)[C@H](C)[C@H](C)O5)cc4)CC3)C[C@@H]2F)c2ncc(N3CCC(=O)NC3=O)cc12. The maximum atomic E-state index is 16.1. The van der Waals surface area contributed by atoms with Crippen LogP contribution >= 0.6 is 0 Å². The number of alkyl halides is 1. The summed E-state index contributed by atoms with van der Waals surface area (Å²) in [6.07, 6.45) is 5.50. The van der Waals surface area contributed by atoms with Crippen molar-refractivity contribution in [2.75, 3.05) is 61.3 Å². The Hall–Kier alpha value is -6.13. The molecule has 0 aliphatic carbocycles. The predicted molar refractivity (Wildman–Crippen MR) is 238 cm³/mol. The molecule has 7 heterocycles. The lowest BCUT2D eigenvalue weighted by molar-refractivity contribution is -0.120. The molecular formula is C47H55FN10O5. The Morgan fingerprint density at radius 3 is 2.49 bits per heavy atom. The number of aromatic hydroxyl groups is 1. The molecule has 330 valence electrons. The first kappa shape index (κ1) is 42.2. The van der Waals surface area contributed by atoms with Crippen LogP contribution in [0.15, 0.2) is 73.1 Å². The molecule has 9 rings (SSSR count). The number of nitrogens with zero attached hydrogens (tertiary/aromatic N) is 8. The number of imide groups is 1. The summed E-state index contributed by atoms with van der Waals surface area (Å²) in [5.41, 5.74) is 12.2. The van der Waals surface area contributed by atoms with Crippen molar-refractivity contribution in [1.29, 1.82) is 0 Å². The van der Waals surface area contributed by atoms with Crippen LogP contribution in [0.5, 0.6) is 5.75 Å². The summed E-state index contributed by atoms with van der Waals surface area (Å²) in [6, 6.07) is 17.7. The lowest BCUT2D eigenvalue weighted by atomic mass is 9.93. The number of pyridine rings is 1. The molecule has 63 heavy (non-hydrogen) atoms. The number of aryl methyl sites for hydroxylation is 1. The maximum absolute atomic E-state index is 16.1. The smallest absolute Gasteiger partial charge is 0.328 e. The number of rotatable bonds is 9. The zero-order chi connectivity index (χ0) is 43.9. The summed E-state index contributed by atoms with van der Waals surface area (Å²) in [4.78, 5) is 50.5. The first-order valence-corrected chi connectivity index (χ1v) is 22.2. The lowest BCUT2D eigenvalue weighted by Crippen LogP contribution is -2.50. The third kappa shape index (κ3) is 8.41. The number of halogens is 1. The van der Waals surface area contributed by atoms with Gasteiger partial charge >= 0.3 is 6.03 Å². The second kappa shape index (κ2) is 17.6. The van der Waals surface area contributed by atoms with Gasteiger partial charge in [0.15, 0.2) is 5.82 Å². The van der Waals surface area contributed by atoms with E-state index in [1.54, 1.807) is 24.4 Å². The van der Waals surface area contributed by atoms with Crippen LogP contribution in [-0.4, -0.2) is 117 Å². The van der Waals surface area contributed by atoms with Gasteiger partial charge in [0.25, 0.3) is 5.91 Å². The number of hydrogen-bond donors (Lipinski definition) is 3. The molecule has 0 unspecified atom stereocenters. The van der Waals surface area contributed by atoms with E-state index in [4.69, 9.17) is 15.5 Å². The quantitative estimate of drug-likeness (QED) is 0.152. The number of aromatic nitrogens is 4. The Balaban J connectivity index is 0.785. The number of likely N-dealkylation sites (tertiary alicyclic amines) is 2. The minimum absolute atomic E-state index is 0.00515. The highest BCUT2D eigenvalue weighted by atomic mass is 19.1. The predicted octanol–water partition coefficient (Wildman–Crippen LogP) is 6.28. The maximum Gasteiger partial charge on any atom is 0.328 e. The number of phenols is 1. The van der Waals surface area contributed by atoms with Crippen molar-refractivity contribution in [3.8, 4) is 17.0 Å². The van der Waals surface area contributed by atoms with Crippen LogP contribution in [-0.2, 0) is 16.0 Å². The van der Waals surface area contributed by atoms with Crippen molar-refractivity contribution < 1.29 is 28.6 Å². The van der Waals surface area contributed by atoms with Crippen LogP contribution in [0, 0.1) is 5.92 Å². The molecule has 4 saturated heterocycles. The molecule has 4 fully saturated rings. The van der Waals surface area contributed by atoms with E-state index in [2.05, 4.69) is 39.2 Å². The van der Waals surface area contributed by atoms with Crippen LogP contribution in [0.1, 0.15) is 80.1 Å². The number of ether oxygens (including phenoxy) is 1. The number of benzene rings is 2. The van der Waals surface area contributed by atoms with Gasteiger partial charge in [0.1, 0.15) is 23.7 Å². The standard InChI is InChI=1S/C47H55FN10O5/c1-4-31-25-58(45-36(31)21-34(23-50-45)56-20-16-43(60)51-47(56)62)39-15-17-54(26-37(39)48)24-30-13-18-55(19-14-30)46(61)33-11-9-32(10-12-33)42-27-57(28(2)29(3)63-42)40-22-38(52-53-44(40)49)35-7-5-6-8-41(35)59/h5-12,21-23,25,28-30,37,39,42,59H,4,13-20,24,26-27H2,1-3H3,(H2,49,53)(H,51,60,62)/t28-,29+,37+,39-,42+/m1/s1. The van der Waals surface area contributed by atoms with Crippen molar-refractivity contribution in [1.82, 2.24) is 34.9 Å². The minimum Gasteiger partial charge on any atom is -0.507 e. The number of phenolic OH excluding ortho intramolecular Hbond substituents is 1. The topological polar surface area (TPSA) is 175 Å². The van der Waals surface area contributed by atoms with E-state index in [-0.39, 0.29) is 48.3 Å². The Bertz CT molecular complexity index is 2510. The lowest BCUT2D eigenvalue weighted by Gasteiger charge is -2.43. The van der Waals surface area contributed by atoms with Gasteiger partial charge in [-0.2, -0.15) is 0 Å². The molecule has 4 N–H and O–H groups in total. The van der Waals surface area contributed by atoms with Gasteiger partial charge in [-0.3, -0.25) is 19.8 Å². The summed E-state index contributed by atoms with van der Waals surface area (Å²) >= 11 is 0. The average Bonchev–Trinajstić information content (AvgIpc) is 3.65.